The first kappa shape index (κ1) is 13.2. The Bertz CT molecular complexity index is 569. The van der Waals surface area contributed by atoms with E-state index in [9.17, 15) is 0 Å². The molecule has 0 aliphatic carbocycles. The number of anilines is 1. The predicted octanol–water partition coefficient (Wildman–Crippen LogP) is 3.70. The van der Waals surface area contributed by atoms with Crippen LogP contribution in [0.15, 0.2) is 18.2 Å². The molecule has 1 N–H and O–H groups in total. The maximum Gasteiger partial charge on any atom is 0.183 e. The summed E-state index contributed by atoms with van der Waals surface area (Å²) in [6.07, 6.45) is 2.62. The van der Waals surface area contributed by atoms with Crippen LogP contribution in [0, 0.1) is 5.92 Å². The molecule has 0 radical (unpaired) electrons. The van der Waals surface area contributed by atoms with Gasteiger partial charge in [0.15, 0.2) is 5.13 Å². The topological polar surface area (TPSA) is 28.2 Å². The largest absolute Gasteiger partial charge is 0.361 e. The van der Waals surface area contributed by atoms with E-state index in [1.165, 1.54) is 30.6 Å². The summed E-state index contributed by atoms with van der Waals surface area (Å²) in [5.74, 6) is 0.731. The van der Waals surface area contributed by atoms with Crippen molar-refractivity contribution >= 4 is 38.3 Å². The quantitative estimate of drug-likeness (QED) is 0.936. The van der Waals surface area contributed by atoms with Crippen molar-refractivity contribution in [3.8, 4) is 0 Å². The molecule has 1 aliphatic rings. The molecule has 19 heavy (non-hydrogen) atoms. The zero-order chi connectivity index (χ0) is 13.2. The molecule has 1 unspecified atom stereocenters. The number of piperidine rings is 1. The summed E-state index contributed by atoms with van der Waals surface area (Å²) >= 11 is 7.68. The smallest absolute Gasteiger partial charge is 0.183 e. The molecule has 1 aromatic carbocycles. The van der Waals surface area contributed by atoms with Gasteiger partial charge in [0.05, 0.1) is 10.2 Å². The average Bonchev–Trinajstić information content (AvgIpc) is 2.78. The van der Waals surface area contributed by atoms with Gasteiger partial charge in [-0.2, -0.15) is 0 Å². The molecule has 0 bridgehead atoms. The summed E-state index contributed by atoms with van der Waals surface area (Å²) in [7, 11) is 2.20. The third kappa shape index (κ3) is 3.19. The highest BCUT2D eigenvalue weighted by Crippen LogP contribution is 2.28. The van der Waals surface area contributed by atoms with E-state index in [0.29, 0.717) is 0 Å². The van der Waals surface area contributed by atoms with Crippen LogP contribution in [0.4, 0.5) is 5.13 Å². The van der Waals surface area contributed by atoms with Crippen molar-refractivity contribution in [2.24, 2.45) is 5.92 Å². The minimum atomic E-state index is 0.731. The van der Waals surface area contributed by atoms with Gasteiger partial charge in [-0.15, -0.1) is 0 Å². The molecule has 102 valence electrons. The fraction of sp³-hybridized carbons (Fsp3) is 0.500. The molecule has 2 heterocycles. The summed E-state index contributed by atoms with van der Waals surface area (Å²) in [4.78, 5) is 7.00. The number of likely N-dealkylation sites (tertiary alicyclic amines) is 1. The van der Waals surface area contributed by atoms with Crippen LogP contribution in [0.2, 0.25) is 5.02 Å². The summed E-state index contributed by atoms with van der Waals surface area (Å²) in [5.41, 5.74) is 0.987. The molecule has 1 aromatic heterocycles. The van der Waals surface area contributed by atoms with Gasteiger partial charge in [0, 0.05) is 18.1 Å². The van der Waals surface area contributed by atoms with Crippen LogP contribution in [0.5, 0.6) is 0 Å². The summed E-state index contributed by atoms with van der Waals surface area (Å²) < 4.78 is 1.19. The van der Waals surface area contributed by atoms with Gasteiger partial charge >= 0.3 is 0 Å². The van der Waals surface area contributed by atoms with Crippen molar-refractivity contribution in [2.75, 3.05) is 32.0 Å². The summed E-state index contributed by atoms with van der Waals surface area (Å²) in [6.45, 7) is 3.43. The van der Waals surface area contributed by atoms with E-state index in [1.54, 1.807) is 11.3 Å². The number of rotatable bonds is 3. The SMILES string of the molecule is CN1CCCC(CNc2nc3cc(Cl)ccc3s2)C1. The average molecular weight is 296 g/mol. The second-order valence-electron chi connectivity index (χ2n) is 5.28. The van der Waals surface area contributed by atoms with Crippen molar-refractivity contribution in [1.82, 2.24) is 9.88 Å². The minimum absolute atomic E-state index is 0.731. The molecule has 1 aliphatic heterocycles. The van der Waals surface area contributed by atoms with E-state index in [1.807, 2.05) is 18.2 Å². The molecule has 0 amide bonds. The van der Waals surface area contributed by atoms with Crippen LogP contribution in [0.25, 0.3) is 10.2 Å². The van der Waals surface area contributed by atoms with Crippen LogP contribution in [-0.4, -0.2) is 36.6 Å². The lowest BCUT2D eigenvalue weighted by molar-refractivity contribution is 0.217. The highest BCUT2D eigenvalue weighted by atomic mass is 35.5. The molecule has 1 fully saturated rings. The molecule has 5 heteroatoms. The van der Waals surface area contributed by atoms with Crippen LogP contribution in [0.1, 0.15) is 12.8 Å². The van der Waals surface area contributed by atoms with Crippen molar-refractivity contribution in [2.45, 2.75) is 12.8 Å². The molecule has 1 atom stereocenters. The monoisotopic (exact) mass is 295 g/mol. The fourth-order valence-corrected chi connectivity index (χ4v) is 3.67. The van der Waals surface area contributed by atoms with Gasteiger partial charge in [-0.25, -0.2) is 4.98 Å². The van der Waals surface area contributed by atoms with Crippen LogP contribution in [-0.2, 0) is 0 Å². The number of aromatic nitrogens is 1. The Morgan fingerprint density at radius 2 is 2.42 bits per heavy atom. The predicted molar refractivity (Wildman–Crippen MR) is 83.3 cm³/mol. The number of hydrogen-bond acceptors (Lipinski definition) is 4. The molecule has 1 saturated heterocycles. The van der Waals surface area contributed by atoms with Gasteiger partial charge in [-0.05, 0) is 50.6 Å². The zero-order valence-electron chi connectivity index (χ0n) is 11.0. The molecule has 0 saturated carbocycles. The van der Waals surface area contributed by atoms with Crippen LogP contribution < -0.4 is 5.32 Å². The van der Waals surface area contributed by atoms with Gasteiger partial charge in [0.25, 0.3) is 0 Å². The van der Waals surface area contributed by atoms with Gasteiger partial charge in [0.1, 0.15) is 0 Å². The third-order valence-corrected chi connectivity index (χ3v) is 4.84. The van der Waals surface area contributed by atoms with Gasteiger partial charge < -0.3 is 10.2 Å². The first-order chi connectivity index (χ1) is 9.20. The van der Waals surface area contributed by atoms with E-state index >= 15 is 0 Å². The second kappa shape index (κ2) is 5.65. The van der Waals surface area contributed by atoms with Gasteiger partial charge in [0.2, 0.25) is 0 Å². The van der Waals surface area contributed by atoms with Crippen LogP contribution >= 0.6 is 22.9 Å². The Morgan fingerprint density at radius 3 is 3.26 bits per heavy atom. The standard InChI is InChI=1S/C14H18ClN3S/c1-18-6-2-3-10(9-18)8-16-14-17-12-7-11(15)4-5-13(12)19-14/h4-5,7,10H,2-3,6,8-9H2,1H3,(H,16,17). The molecule has 0 spiro atoms. The zero-order valence-corrected chi connectivity index (χ0v) is 12.6. The Hall–Kier alpha value is -0.840. The van der Waals surface area contributed by atoms with Crippen LogP contribution in [0.3, 0.4) is 0 Å². The number of thiazole rings is 1. The maximum absolute atomic E-state index is 5.98. The van der Waals surface area contributed by atoms with Crippen molar-refractivity contribution in [3.05, 3.63) is 23.2 Å². The number of hydrogen-bond donors (Lipinski definition) is 1. The maximum atomic E-state index is 5.98. The highest BCUT2D eigenvalue weighted by Gasteiger charge is 2.17. The lowest BCUT2D eigenvalue weighted by Gasteiger charge is -2.29. The number of nitrogens with zero attached hydrogens (tertiary/aromatic N) is 2. The molecule has 3 nitrogen and oxygen atoms in total. The number of halogens is 1. The first-order valence-electron chi connectivity index (χ1n) is 6.69. The Labute approximate surface area is 122 Å². The Balaban J connectivity index is 1.65. The van der Waals surface area contributed by atoms with Crippen molar-refractivity contribution in [3.63, 3.8) is 0 Å². The minimum Gasteiger partial charge on any atom is -0.361 e. The molecular formula is C14H18ClN3S. The van der Waals surface area contributed by atoms with Gasteiger partial charge in [-0.1, -0.05) is 22.9 Å². The van der Waals surface area contributed by atoms with Crippen molar-refractivity contribution in [1.29, 1.82) is 0 Å². The van der Waals surface area contributed by atoms with Gasteiger partial charge in [-0.3, -0.25) is 0 Å². The normalized spacial score (nSPS) is 20.8. The van der Waals surface area contributed by atoms with E-state index in [0.717, 1.165) is 28.1 Å². The van der Waals surface area contributed by atoms with E-state index in [2.05, 4.69) is 22.2 Å². The molecule has 3 rings (SSSR count). The van der Waals surface area contributed by atoms with E-state index in [-0.39, 0.29) is 0 Å². The third-order valence-electron chi connectivity index (χ3n) is 3.61. The van der Waals surface area contributed by atoms with Crippen molar-refractivity contribution < 1.29 is 0 Å². The number of fused-ring (bicyclic) bond motifs is 1. The molecular weight excluding hydrogens is 278 g/mol. The highest BCUT2D eigenvalue weighted by molar-refractivity contribution is 7.22. The lowest BCUT2D eigenvalue weighted by atomic mass is 9.99. The second-order valence-corrected chi connectivity index (χ2v) is 6.75. The summed E-state index contributed by atoms with van der Waals surface area (Å²) in [5, 5.41) is 5.23. The number of nitrogens with one attached hydrogen (secondary N) is 1. The fourth-order valence-electron chi connectivity index (χ4n) is 2.65. The van der Waals surface area contributed by atoms with E-state index < -0.39 is 0 Å². The first-order valence-corrected chi connectivity index (χ1v) is 7.88. The Morgan fingerprint density at radius 1 is 1.53 bits per heavy atom. The Kier molecular flexibility index (Phi) is 3.91. The summed E-state index contributed by atoms with van der Waals surface area (Å²) in [6, 6.07) is 5.88. The molecule has 2 aromatic rings. The van der Waals surface area contributed by atoms with E-state index in [4.69, 9.17) is 11.6 Å². The number of benzene rings is 1. The lowest BCUT2D eigenvalue weighted by Crippen LogP contribution is -2.35.